The maximum atomic E-state index is 12.1. The lowest BCUT2D eigenvalue weighted by molar-refractivity contribution is -0.156. The molecule has 4 N–H and O–H groups in total. The van der Waals surface area contributed by atoms with Crippen LogP contribution in [-0.2, 0) is 9.59 Å². The van der Waals surface area contributed by atoms with E-state index in [1.165, 1.54) is 31.2 Å². The Morgan fingerprint density at radius 1 is 1.33 bits per heavy atom. The van der Waals surface area contributed by atoms with Gasteiger partial charge in [-0.05, 0) is 31.2 Å². The van der Waals surface area contributed by atoms with Crippen LogP contribution in [0.3, 0.4) is 0 Å². The van der Waals surface area contributed by atoms with Crippen molar-refractivity contribution in [3.05, 3.63) is 40.6 Å². The number of hydrogen-bond acceptors (Lipinski definition) is 6. The number of amides is 2. The van der Waals surface area contributed by atoms with E-state index in [1.54, 1.807) is 0 Å². The van der Waals surface area contributed by atoms with Crippen LogP contribution in [0.5, 0.6) is 5.75 Å². The van der Waals surface area contributed by atoms with Crippen LogP contribution in [0.15, 0.2) is 35.1 Å². The first-order valence-electron chi connectivity index (χ1n) is 7.04. The number of hydrogen-bond donors (Lipinski definition) is 3. The van der Waals surface area contributed by atoms with Crippen molar-refractivity contribution in [1.82, 2.24) is 4.90 Å². The van der Waals surface area contributed by atoms with Crippen molar-refractivity contribution in [1.29, 1.82) is 0 Å². The average Bonchev–Trinajstić information content (AvgIpc) is 2.81. The number of fused-ring (bicyclic) bond motifs is 1. The van der Waals surface area contributed by atoms with Gasteiger partial charge in [0.25, 0.3) is 0 Å². The number of nitrogens with two attached hydrogens (primary N) is 1. The van der Waals surface area contributed by atoms with E-state index in [4.69, 9.17) is 10.5 Å². The van der Waals surface area contributed by atoms with E-state index in [1.807, 2.05) is 0 Å². The van der Waals surface area contributed by atoms with Gasteiger partial charge in [0.2, 0.25) is 11.8 Å². The Balaban J connectivity index is 1.86. The molecule has 126 valence electrons. The minimum atomic E-state index is -1.29. The number of β-lactam (4-membered cyclic amide) rings is 1. The van der Waals surface area contributed by atoms with Gasteiger partial charge < -0.3 is 20.7 Å². The van der Waals surface area contributed by atoms with Crippen molar-refractivity contribution in [3.63, 3.8) is 0 Å². The molecule has 9 heteroatoms. The highest BCUT2D eigenvalue weighted by atomic mass is 32.2. The second-order valence-electron chi connectivity index (χ2n) is 5.41. The zero-order valence-corrected chi connectivity index (χ0v) is 13.3. The summed E-state index contributed by atoms with van der Waals surface area (Å²) in [6, 6.07) is 5.88. The molecule has 2 amide bonds. The molecule has 0 saturated carbocycles. The summed E-state index contributed by atoms with van der Waals surface area (Å²) in [7, 11) is 0. The monoisotopic (exact) mass is 350 g/mol. The number of carboxylic acids is 1. The Morgan fingerprint density at radius 3 is 2.46 bits per heavy atom. The molecule has 1 fully saturated rings. The molecule has 3 rings (SSSR count). The zero-order chi connectivity index (χ0) is 17.6. The quantitative estimate of drug-likeness (QED) is 0.652. The maximum absolute atomic E-state index is 12.1. The fourth-order valence-electron chi connectivity index (χ4n) is 2.62. The van der Waals surface area contributed by atoms with Gasteiger partial charge in [-0.2, -0.15) is 0 Å². The molecule has 0 radical (unpaired) electrons. The summed E-state index contributed by atoms with van der Waals surface area (Å²) in [4.78, 5) is 35.7. The minimum absolute atomic E-state index is 0.0656. The molecular formula is C15H14N2O6S. The van der Waals surface area contributed by atoms with Gasteiger partial charge in [-0.3, -0.25) is 14.5 Å². The fourth-order valence-corrected chi connectivity index (χ4v) is 4.08. The first-order chi connectivity index (χ1) is 11.3. The number of primary amides is 1. The molecule has 0 aliphatic carbocycles. The van der Waals surface area contributed by atoms with Crippen molar-refractivity contribution in [2.24, 2.45) is 11.7 Å². The Bertz CT molecular complexity index is 758. The lowest BCUT2D eigenvalue weighted by Crippen LogP contribution is -2.60. The number of nitrogens with zero attached hydrogens (tertiary/aromatic N) is 1. The van der Waals surface area contributed by atoms with Crippen LogP contribution < -0.4 is 10.5 Å². The molecule has 1 aromatic rings. The highest BCUT2D eigenvalue weighted by Crippen LogP contribution is 2.50. The second-order valence-corrected chi connectivity index (χ2v) is 6.50. The molecule has 1 saturated heterocycles. The lowest BCUT2D eigenvalue weighted by Gasteiger charge is -2.43. The smallest absolute Gasteiger partial charge is 0.357 e. The van der Waals surface area contributed by atoms with Crippen LogP contribution in [-0.4, -0.2) is 44.4 Å². The number of rotatable bonds is 5. The highest BCUT2D eigenvalue weighted by Gasteiger charge is 2.58. The largest absolute Gasteiger partial charge is 0.476 e. The number of carbonyl (C=O) groups excluding carboxylic acids is 2. The van der Waals surface area contributed by atoms with Gasteiger partial charge in [0, 0.05) is 5.56 Å². The topological polar surface area (TPSA) is 130 Å². The standard InChI is InChI=1S/C15H14N2O6S/c1-6(18)9-12(20)17-10(14(21)22)15(24-13(9)17)23-8-4-2-7(3-5-8)11(16)19/h2-6,9,13,18H,1H3,(H2,16,19)(H,21,22)/t6-,9+,13?/m1/s1. The summed E-state index contributed by atoms with van der Waals surface area (Å²) in [5.41, 5.74) is 5.20. The van der Waals surface area contributed by atoms with Crippen LogP contribution >= 0.6 is 11.8 Å². The van der Waals surface area contributed by atoms with Crippen LogP contribution in [0.25, 0.3) is 0 Å². The Hall–Kier alpha value is -2.52. The molecule has 1 unspecified atom stereocenters. The number of carbonyl (C=O) groups is 3. The van der Waals surface area contributed by atoms with E-state index >= 15 is 0 Å². The molecule has 2 aliphatic rings. The van der Waals surface area contributed by atoms with Crippen LogP contribution in [0.1, 0.15) is 17.3 Å². The van der Waals surface area contributed by atoms with Gasteiger partial charge in [0.05, 0.1) is 12.0 Å². The van der Waals surface area contributed by atoms with Crippen molar-refractivity contribution >= 4 is 29.5 Å². The first-order valence-corrected chi connectivity index (χ1v) is 7.92. The van der Waals surface area contributed by atoms with E-state index < -0.39 is 35.2 Å². The molecule has 8 nitrogen and oxygen atoms in total. The summed E-state index contributed by atoms with van der Waals surface area (Å²) in [5.74, 6) is -2.67. The zero-order valence-electron chi connectivity index (χ0n) is 12.5. The molecule has 2 aliphatic heterocycles. The van der Waals surface area contributed by atoms with Crippen molar-refractivity contribution < 1.29 is 29.3 Å². The summed E-state index contributed by atoms with van der Waals surface area (Å²) in [5, 5.41) is 18.6. The highest BCUT2D eigenvalue weighted by molar-refractivity contribution is 8.03. The normalized spacial score (nSPS) is 23.6. The number of carboxylic acid groups (broad SMARTS) is 1. The third kappa shape index (κ3) is 2.51. The Morgan fingerprint density at radius 2 is 1.96 bits per heavy atom. The predicted molar refractivity (Wildman–Crippen MR) is 83.6 cm³/mol. The summed E-state index contributed by atoms with van der Waals surface area (Å²) in [6.45, 7) is 1.49. The van der Waals surface area contributed by atoms with E-state index in [-0.39, 0.29) is 10.8 Å². The second kappa shape index (κ2) is 5.84. The van der Waals surface area contributed by atoms with E-state index in [9.17, 15) is 24.6 Å². The number of benzene rings is 1. The van der Waals surface area contributed by atoms with E-state index in [0.717, 1.165) is 16.7 Å². The molecule has 3 atom stereocenters. The van der Waals surface area contributed by atoms with Gasteiger partial charge in [0.1, 0.15) is 11.1 Å². The lowest BCUT2D eigenvalue weighted by atomic mass is 9.92. The molecular weight excluding hydrogens is 336 g/mol. The Kier molecular flexibility index (Phi) is 3.98. The predicted octanol–water partition coefficient (Wildman–Crippen LogP) is 0.330. The first kappa shape index (κ1) is 16.3. The van der Waals surface area contributed by atoms with E-state index in [0.29, 0.717) is 11.3 Å². The number of aliphatic hydroxyl groups is 1. The third-order valence-corrected chi connectivity index (χ3v) is 5.05. The number of aliphatic carboxylic acids is 1. The van der Waals surface area contributed by atoms with Crippen molar-refractivity contribution in [2.75, 3.05) is 0 Å². The SMILES string of the molecule is C[C@@H](O)[C@H]1C(=O)N2C(C(=O)O)=C(Oc3ccc(C(N)=O)cc3)SC12. The summed E-state index contributed by atoms with van der Waals surface area (Å²) in [6.07, 6.45) is -0.879. The molecule has 1 aromatic carbocycles. The van der Waals surface area contributed by atoms with Crippen LogP contribution in [0.4, 0.5) is 0 Å². The molecule has 0 bridgehead atoms. The Labute approximate surface area is 140 Å². The molecule has 24 heavy (non-hydrogen) atoms. The summed E-state index contributed by atoms with van der Waals surface area (Å²) < 4.78 is 5.58. The molecule has 0 spiro atoms. The van der Waals surface area contributed by atoms with Gasteiger partial charge in [0.15, 0.2) is 10.8 Å². The van der Waals surface area contributed by atoms with E-state index in [2.05, 4.69) is 0 Å². The fraction of sp³-hybridized carbons (Fsp3) is 0.267. The van der Waals surface area contributed by atoms with Crippen molar-refractivity contribution in [2.45, 2.75) is 18.4 Å². The third-order valence-electron chi connectivity index (χ3n) is 3.82. The van der Waals surface area contributed by atoms with Gasteiger partial charge in [-0.25, -0.2) is 4.79 Å². The average molecular weight is 350 g/mol. The number of aliphatic hydroxyl groups excluding tert-OH is 1. The molecule has 2 heterocycles. The van der Waals surface area contributed by atoms with Crippen LogP contribution in [0, 0.1) is 5.92 Å². The van der Waals surface area contributed by atoms with Crippen molar-refractivity contribution in [3.8, 4) is 5.75 Å². The van der Waals surface area contributed by atoms with Gasteiger partial charge in [-0.15, -0.1) is 0 Å². The maximum Gasteiger partial charge on any atom is 0.357 e. The summed E-state index contributed by atoms with van der Waals surface area (Å²) >= 11 is 1.07. The minimum Gasteiger partial charge on any atom is -0.476 e. The van der Waals surface area contributed by atoms with Gasteiger partial charge in [-0.1, -0.05) is 11.8 Å². The molecule has 0 aromatic heterocycles. The van der Waals surface area contributed by atoms with Crippen LogP contribution in [0.2, 0.25) is 0 Å². The number of thioether (sulfide) groups is 1. The number of ether oxygens (including phenoxy) is 1. The van der Waals surface area contributed by atoms with Gasteiger partial charge >= 0.3 is 5.97 Å².